The van der Waals surface area contributed by atoms with Gasteiger partial charge >= 0.3 is 0 Å². The zero-order chi connectivity index (χ0) is 18.8. The molecule has 2 N–H and O–H groups in total. The number of carbonyl (C=O) groups excluding carboxylic acids is 1. The Morgan fingerprint density at radius 3 is 2.75 bits per heavy atom. The summed E-state index contributed by atoms with van der Waals surface area (Å²) in [6.07, 6.45) is 3.03. The van der Waals surface area contributed by atoms with Gasteiger partial charge in [0.2, 0.25) is 0 Å². The van der Waals surface area contributed by atoms with Crippen molar-refractivity contribution in [1.82, 2.24) is 25.3 Å². The second-order valence-corrected chi connectivity index (χ2v) is 7.68. The van der Waals surface area contributed by atoms with E-state index in [4.69, 9.17) is 5.10 Å². The van der Waals surface area contributed by atoms with Crippen LogP contribution < -0.4 is 10.6 Å². The number of nitrogens with one attached hydrogen (secondary N) is 2. The average molecular weight is 404 g/mol. The summed E-state index contributed by atoms with van der Waals surface area (Å²) >= 11 is 0. The van der Waals surface area contributed by atoms with E-state index in [1.54, 1.807) is 0 Å². The molecular formula is C21H30ClN5O. The van der Waals surface area contributed by atoms with Gasteiger partial charge in [-0.25, -0.2) is 4.68 Å². The summed E-state index contributed by atoms with van der Waals surface area (Å²) in [6, 6.07) is 6.40. The standard InChI is InChI=1S/C21H29N5O.ClH/c1-15-6-7-18(16(2)14-15)26-19-5-3-4-17(19)20(24-26)21(27)23-10-13-25-11-8-22-9-12-25;/h6-7,14,22H,3-5,8-13H2,1-2H3,(H,23,27);1H. The number of carbonyl (C=O) groups is 1. The largest absolute Gasteiger partial charge is 0.349 e. The summed E-state index contributed by atoms with van der Waals surface area (Å²) in [5.41, 5.74) is 6.47. The van der Waals surface area contributed by atoms with E-state index < -0.39 is 0 Å². The van der Waals surface area contributed by atoms with Crippen LogP contribution in [-0.2, 0) is 12.8 Å². The Bertz CT molecular complexity index is 842. The molecule has 1 fully saturated rings. The van der Waals surface area contributed by atoms with Crippen LogP contribution in [-0.4, -0.2) is 59.9 Å². The third-order valence-corrected chi connectivity index (χ3v) is 5.65. The lowest BCUT2D eigenvalue weighted by Crippen LogP contribution is -2.46. The van der Waals surface area contributed by atoms with Crippen LogP contribution in [0.15, 0.2) is 18.2 Å². The van der Waals surface area contributed by atoms with E-state index >= 15 is 0 Å². The minimum atomic E-state index is -0.0354. The van der Waals surface area contributed by atoms with E-state index in [1.807, 2.05) is 4.68 Å². The molecule has 4 rings (SSSR count). The predicted octanol–water partition coefficient (Wildman–Crippen LogP) is 2.03. The molecule has 152 valence electrons. The molecule has 2 aromatic rings. The molecule has 0 spiro atoms. The topological polar surface area (TPSA) is 62.2 Å². The fraction of sp³-hybridized carbons (Fsp3) is 0.524. The maximum atomic E-state index is 12.8. The van der Waals surface area contributed by atoms with E-state index in [0.717, 1.165) is 63.2 Å². The summed E-state index contributed by atoms with van der Waals surface area (Å²) in [6.45, 7) is 9.93. The second-order valence-electron chi connectivity index (χ2n) is 7.68. The predicted molar refractivity (Wildman–Crippen MR) is 114 cm³/mol. The zero-order valence-electron chi connectivity index (χ0n) is 16.8. The van der Waals surface area contributed by atoms with Gasteiger partial charge in [-0.3, -0.25) is 9.69 Å². The van der Waals surface area contributed by atoms with Gasteiger partial charge in [-0.15, -0.1) is 12.4 Å². The average Bonchev–Trinajstić information content (AvgIpc) is 3.26. The maximum absolute atomic E-state index is 12.8. The quantitative estimate of drug-likeness (QED) is 0.801. The van der Waals surface area contributed by atoms with Gasteiger partial charge in [0.25, 0.3) is 5.91 Å². The fourth-order valence-corrected chi connectivity index (χ4v) is 4.21. The summed E-state index contributed by atoms with van der Waals surface area (Å²) in [7, 11) is 0. The lowest BCUT2D eigenvalue weighted by atomic mass is 10.1. The van der Waals surface area contributed by atoms with E-state index in [2.05, 4.69) is 47.6 Å². The van der Waals surface area contributed by atoms with Crippen molar-refractivity contribution in [1.29, 1.82) is 0 Å². The maximum Gasteiger partial charge on any atom is 0.272 e. The van der Waals surface area contributed by atoms with Gasteiger partial charge in [-0.1, -0.05) is 17.7 Å². The summed E-state index contributed by atoms with van der Waals surface area (Å²) in [4.78, 5) is 15.2. The van der Waals surface area contributed by atoms with Crippen molar-refractivity contribution in [3.8, 4) is 5.69 Å². The SMILES string of the molecule is Cc1ccc(-n2nc(C(=O)NCCN3CCNCC3)c3c2CCC3)c(C)c1.Cl. The molecule has 1 aliphatic heterocycles. The van der Waals surface area contributed by atoms with Crippen molar-refractivity contribution >= 4 is 18.3 Å². The van der Waals surface area contributed by atoms with Crippen molar-refractivity contribution in [3.05, 3.63) is 46.3 Å². The minimum Gasteiger partial charge on any atom is -0.349 e. The molecule has 1 aromatic heterocycles. The normalized spacial score (nSPS) is 16.5. The molecule has 2 aliphatic rings. The van der Waals surface area contributed by atoms with Crippen LogP contribution in [0.3, 0.4) is 0 Å². The van der Waals surface area contributed by atoms with Crippen molar-refractivity contribution in [2.45, 2.75) is 33.1 Å². The highest BCUT2D eigenvalue weighted by atomic mass is 35.5. The van der Waals surface area contributed by atoms with Gasteiger partial charge in [0.15, 0.2) is 5.69 Å². The van der Waals surface area contributed by atoms with E-state index in [0.29, 0.717) is 12.2 Å². The molecule has 1 aliphatic carbocycles. The number of piperazine rings is 1. The smallest absolute Gasteiger partial charge is 0.272 e. The number of amides is 1. The molecule has 0 radical (unpaired) electrons. The summed E-state index contributed by atoms with van der Waals surface area (Å²) in [5, 5.41) is 11.2. The van der Waals surface area contributed by atoms with Gasteiger partial charge in [-0.2, -0.15) is 5.10 Å². The highest BCUT2D eigenvalue weighted by Crippen LogP contribution is 2.29. The monoisotopic (exact) mass is 403 g/mol. The number of halogens is 1. The number of nitrogens with zero attached hydrogens (tertiary/aromatic N) is 3. The van der Waals surface area contributed by atoms with Gasteiger partial charge in [0.1, 0.15) is 0 Å². The van der Waals surface area contributed by atoms with Crippen LogP contribution in [0.4, 0.5) is 0 Å². The highest BCUT2D eigenvalue weighted by molar-refractivity contribution is 5.94. The Labute approximate surface area is 173 Å². The molecule has 1 amide bonds. The first-order chi connectivity index (χ1) is 13.1. The van der Waals surface area contributed by atoms with Crippen LogP contribution in [0.1, 0.15) is 39.3 Å². The van der Waals surface area contributed by atoms with Crippen LogP contribution in [0, 0.1) is 13.8 Å². The molecular weight excluding hydrogens is 374 g/mol. The van der Waals surface area contributed by atoms with E-state index in [-0.39, 0.29) is 18.3 Å². The Balaban J connectivity index is 0.00000225. The Morgan fingerprint density at radius 2 is 2.00 bits per heavy atom. The Hall–Kier alpha value is -1.89. The number of aromatic nitrogens is 2. The second kappa shape index (κ2) is 9.07. The van der Waals surface area contributed by atoms with Crippen LogP contribution in [0.25, 0.3) is 5.69 Å². The number of benzene rings is 1. The third-order valence-electron chi connectivity index (χ3n) is 5.65. The molecule has 0 atom stereocenters. The van der Waals surface area contributed by atoms with Gasteiger partial charge < -0.3 is 10.6 Å². The zero-order valence-corrected chi connectivity index (χ0v) is 17.6. The molecule has 6 nitrogen and oxygen atoms in total. The van der Waals surface area contributed by atoms with Crippen LogP contribution in [0.2, 0.25) is 0 Å². The molecule has 2 heterocycles. The number of hydrogen-bond donors (Lipinski definition) is 2. The van der Waals surface area contributed by atoms with E-state index in [1.165, 1.54) is 16.8 Å². The van der Waals surface area contributed by atoms with Crippen molar-refractivity contribution in [2.75, 3.05) is 39.3 Å². The summed E-state index contributed by atoms with van der Waals surface area (Å²) in [5.74, 6) is -0.0354. The van der Waals surface area contributed by atoms with Crippen LogP contribution in [0.5, 0.6) is 0 Å². The number of rotatable bonds is 5. The molecule has 0 unspecified atom stereocenters. The van der Waals surface area contributed by atoms with Crippen molar-refractivity contribution in [2.24, 2.45) is 0 Å². The third kappa shape index (κ3) is 4.24. The molecule has 1 aromatic carbocycles. The van der Waals surface area contributed by atoms with Gasteiger partial charge in [-0.05, 0) is 44.7 Å². The highest BCUT2D eigenvalue weighted by Gasteiger charge is 2.27. The minimum absolute atomic E-state index is 0. The lowest BCUT2D eigenvalue weighted by Gasteiger charge is -2.27. The summed E-state index contributed by atoms with van der Waals surface area (Å²) < 4.78 is 2.00. The van der Waals surface area contributed by atoms with Crippen molar-refractivity contribution in [3.63, 3.8) is 0 Å². The Morgan fingerprint density at radius 1 is 1.21 bits per heavy atom. The first-order valence-electron chi connectivity index (χ1n) is 10.0. The fourth-order valence-electron chi connectivity index (χ4n) is 4.21. The lowest BCUT2D eigenvalue weighted by molar-refractivity contribution is 0.0941. The Kier molecular flexibility index (Phi) is 6.75. The van der Waals surface area contributed by atoms with Gasteiger partial charge in [0, 0.05) is 50.5 Å². The number of hydrogen-bond acceptors (Lipinski definition) is 4. The molecule has 0 bridgehead atoms. The number of aryl methyl sites for hydroxylation is 2. The molecule has 1 saturated heterocycles. The first kappa shape index (κ1) is 20.8. The van der Waals surface area contributed by atoms with Crippen LogP contribution >= 0.6 is 12.4 Å². The molecule has 7 heteroatoms. The number of fused-ring (bicyclic) bond motifs is 1. The molecule has 28 heavy (non-hydrogen) atoms. The molecule has 0 saturated carbocycles. The van der Waals surface area contributed by atoms with Crippen molar-refractivity contribution < 1.29 is 4.79 Å². The first-order valence-corrected chi connectivity index (χ1v) is 10.0. The van der Waals surface area contributed by atoms with Gasteiger partial charge in [0.05, 0.1) is 5.69 Å². The van der Waals surface area contributed by atoms with E-state index in [9.17, 15) is 4.79 Å².